The lowest BCUT2D eigenvalue weighted by atomic mass is 10.3. The largest absolute Gasteiger partial charge is 0.366 e. The fraction of sp³-hybridized carbons (Fsp3) is 0.273. The van der Waals surface area contributed by atoms with E-state index < -0.39 is 15.5 Å². The van der Waals surface area contributed by atoms with Gasteiger partial charge < -0.3 is 4.98 Å². The summed E-state index contributed by atoms with van der Waals surface area (Å²) in [5.41, 5.74) is 0.958. The van der Waals surface area contributed by atoms with E-state index in [2.05, 4.69) is 14.8 Å². The Morgan fingerprint density at radius 2 is 2.21 bits per heavy atom. The second kappa shape index (κ2) is 4.98. The highest BCUT2D eigenvalue weighted by Gasteiger charge is 2.18. The summed E-state index contributed by atoms with van der Waals surface area (Å²) in [6, 6.07) is 1.17. The maximum absolute atomic E-state index is 12.0. The Kier molecular flexibility index (Phi) is 3.54. The van der Waals surface area contributed by atoms with Crippen LogP contribution in [0.15, 0.2) is 34.3 Å². The number of sulfonamides is 1. The molecule has 0 unspecified atom stereocenters. The summed E-state index contributed by atoms with van der Waals surface area (Å²) in [7, 11) is -2.07. The molecule has 0 atom stereocenters. The van der Waals surface area contributed by atoms with Crippen LogP contribution in [0.1, 0.15) is 11.3 Å². The predicted octanol–water partition coefficient (Wildman–Crippen LogP) is -0.105. The smallest absolute Gasteiger partial charge is 0.246 e. The Labute approximate surface area is 110 Å². The third-order valence-corrected chi connectivity index (χ3v) is 4.07. The molecule has 102 valence electrons. The number of pyridine rings is 1. The first-order chi connectivity index (χ1) is 8.90. The van der Waals surface area contributed by atoms with Gasteiger partial charge in [0.25, 0.3) is 0 Å². The maximum Gasteiger partial charge on any atom is 0.246 e. The molecule has 0 fully saturated rings. The molecule has 8 heteroatoms. The molecule has 0 aliphatic carbocycles. The highest BCUT2D eigenvalue weighted by atomic mass is 32.2. The van der Waals surface area contributed by atoms with Crippen LogP contribution in [-0.2, 0) is 23.6 Å². The van der Waals surface area contributed by atoms with Crippen molar-refractivity contribution < 1.29 is 8.42 Å². The van der Waals surface area contributed by atoms with Gasteiger partial charge in [-0.15, -0.1) is 0 Å². The Morgan fingerprint density at radius 1 is 1.47 bits per heavy atom. The van der Waals surface area contributed by atoms with Gasteiger partial charge in [-0.3, -0.25) is 9.48 Å². The Balaban J connectivity index is 2.22. The van der Waals surface area contributed by atoms with Crippen LogP contribution in [0.5, 0.6) is 0 Å². The maximum atomic E-state index is 12.0. The third-order valence-electron chi connectivity index (χ3n) is 2.65. The zero-order valence-corrected chi connectivity index (χ0v) is 11.4. The van der Waals surface area contributed by atoms with Crippen LogP contribution in [0.4, 0.5) is 0 Å². The molecule has 0 bridgehead atoms. The molecule has 0 saturated carbocycles. The fourth-order valence-corrected chi connectivity index (χ4v) is 2.74. The second-order valence-electron chi connectivity index (χ2n) is 4.11. The molecule has 2 aromatic heterocycles. The molecule has 0 aliphatic heterocycles. The summed E-state index contributed by atoms with van der Waals surface area (Å²) in [6.45, 7) is 1.88. The Morgan fingerprint density at radius 3 is 2.79 bits per heavy atom. The molecule has 0 radical (unpaired) electrons. The molecule has 19 heavy (non-hydrogen) atoms. The van der Waals surface area contributed by atoms with Gasteiger partial charge in [0.05, 0.1) is 5.69 Å². The molecule has 7 nitrogen and oxygen atoms in total. The van der Waals surface area contributed by atoms with E-state index in [1.807, 2.05) is 0 Å². The highest BCUT2D eigenvalue weighted by molar-refractivity contribution is 7.89. The van der Waals surface area contributed by atoms with E-state index in [1.165, 1.54) is 18.5 Å². The summed E-state index contributed by atoms with van der Waals surface area (Å²) in [4.78, 5) is 13.8. The molecular formula is C11H14N4O3S. The van der Waals surface area contributed by atoms with Gasteiger partial charge in [-0.2, -0.15) is 5.10 Å². The Bertz CT molecular complexity index is 745. The number of nitrogens with one attached hydrogen (secondary N) is 2. The van der Waals surface area contributed by atoms with Gasteiger partial charge in [0.1, 0.15) is 4.90 Å². The lowest BCUT2D eigenvalue weighted by Crippen LogP contribution is -2.28. The predicted molar refractivity (Wildman–Crippen MR) is 69.0 cm³/mol. The van der Waals surface area contributed by atoms with Crippen molar-refractivity contribution in [2.75, 3.05) is 0 Å². The van der Waals surface area contributed by atoms with Crippen LogP contribution in [0.2, 0.25) is 0 Å². The number of nitrogens with zero attached hydrogens (tertiary/aromatic N) is 2. The first kappa shape index (κ1) is 13.5. The molecule has 2 rings (SSSR count). The Hall–Kier alpha value is -1.93. The number of aromatic nitrogens is 3. The number of hydrogen-bond acceptors (Lipinski definition) is 4. The van der Waals surface area contributed by atoms with Crippen molar-refractivity contribution in [1.82, 2.24) is 19.5 Å². The second-order valence-corrected chi connectivity index (χ2v) is 5.85. The van der Waals surface area contributed by atoms with Crippen molar-refractivity contribution in [2.24, 2.45) is 7.05 Å². The molecule has 0 aromatic carbocycles. The van der Waals surface area contributed by atoms with Crippen LogP contribution < -0.4 is 10.2 Å². The zero-order chi connectivity index (χ0) is 14.0. The van der Waals surface area contributed by atoms with Crippen molar-refractivity contribution in [3.8, 4) is 0 Å². The monoisotopic (exact) mass is 282 g/mol. The number of H-pyrrole nitrogens is 1. The number of rotatable bonds is 4. The minimum atomic E-state index is -3.83. The van der Waals surface area contributed by atoms with Gasteiger partial charge in [0.15, 0.2) is 0 Å². The molecule has 0 amide bonds. The van der Waals surface area contributed by atoms with Gasteiger partial charge in [0.2, 0.25) is 15.5 Å². The minimum absolute atomic E-state index is 0.0936. The first-order valence-corrected chi connectivity index (χ1v) is 7.04. The van der Waals surface area contributed by atoms with E-state index in [0.29, 0.717) is 0 Å². The van der Waals surface area contributed by atoms with Gasteiger partial charge >= 0.3 is 0 Å². The minimum Gasteiger partial charge on any atom is -0.366 e. The van der Waals surface area contributed by atoms with E-state index in [9.17, 15) is 13.2 Å². The summed E-state index contributed by atoms with van der Waals surface area (Å²) in [5, 5.41) is 4.12. The summed E-state index contributed by atoms with van der Waals surface area (Å²) >= 11 is 0. The van der Waals surface area contributed by atoms with E-state index >= 15 is 0 Å². The zero-order valence-electron chi connectivity index (χ0n) is 10.5. The summed E-state index contributed by atoms with van der Waals surface area (Å²) in [6.07, 6.45) is 4.28. The van der Waals surface area contributed by atoms with Crippen LogP contribution in [0, 0.1) is 6.92 Å². The van der Waals surface area contributed by atoms with Gasteiger partial charge in [-0.25, -0.2) is 13.1 Å². The van der Waals surface area contributed by atoms with Gasteiger partial charge in [-0.1, -0.05) is 0 Å². The molecule has 0 saturated heterocycles. The molecule has 2 N–H and O–H groups in total. The lowest BCUT2D eigenvalue weighted by Gasteiger charge is -2.04. The molecule has 0 aliphatic rings. The van der Waals surface area contributed by atoms with Gasteiger partial charge in [0, 0.05) is 43.8 Å². The third kappa shape index (κ3) is 2.91. The van der Waals surface area contributed by atoms with Crippen molar-refractivity contribution in [3.05, 3.63) is 46.1 Å². The normalized spacial score (nSPS) is 11.7. The lowest BCUT2D eigenvalue weighted by molar-refractivity contribution is 0.580. The topological polar surface area (TPSA) is 96.8 Å². The van der Waals surface area contributed by atoms with Crippen LogP contribution in [0.25, 0.3) is 0 Å². The van der Waals surface area contributed by atoms with Crippen molar-refractivity contribution in [2.45, 2.75) is 18.4 Å². The fourth-order valence-electron chi connectivity index (χ4n) is 1.68. The standard InChI is InChI=1S/C11H14N4O3S/c1-8-9(7-15(2)14-8)5-13-19(17,18)11-6-12-4-3-10(11)16/h3-4,6-7,13H,5H2,1-2H3,(H,12,16). The molecular weight excluding hydrogens is 268 g/mol. The van der Waals surface area contributed by atoms with Crippen molar-refractivity contribution in [3.63, 3.8) is 0 Å². The van der Waals surface area contributed by atoms with E-state index in [1.54, 1.807) is 24.9 Å². The van der Waals surface area contributed by atoms with Crippen LogP contribution >= 0.6 is 0 Å². The van der Waals surface area contributed by atoms with Crippen molar-refractivity contribution in [1.29, 1.82) is 0 Å². The van der Waals surface area contributed by atoms with Crippen LogP contribution in [-0.4, -0.2) is 23.2 Å². The summed E-state index contributed by atoms with van der Waals surface area (Å²) < 4.78 is 28.0. The number of hydrogen-bond donors (Lipinski definition) is 2. The molecule has 2 heterocycles. The average molecular weight is 282 g/mol. The molecule has 2 aromatic rings. The quantitative estimate of drug-likeness (QED) is 0.818. The van der Waals surface area contributed by atoms with Gasteiger partial charge in [-0.05, 0) is 6.92 Å². The average Bonchev–Trinajstić information content (AvgIpc) is 2.66. The van der Waals surface area contributed by atoms with E-state index in [4.69, 9.17) is 0 Å². The van der Waals surface area contributed by atoms with E-state index in [-0.39, 0.29) is 11.4 Å². The van der Waals surface area contributed by atoms with Crippen molar-refractivity contribution >= 4 is 10.0 Å². The highest BCUT2D eigenvalue weighted by Crippen LogP contribution is 2.06. The number of aryl methyl sites for hydroxylation is 2. The SMILES string of the molecule is Cc1nn(C)cc1CNS(=O)(=O)c1c[nH]ccc1=O. The number of aromatic amines is 1. The molecule has 0 spiro atoms. The first-order valence-electron chi connectivity index (χ1n) is 5.56. The van der Waals surface area contributed by atoms with Crippen LogP contribution in [0.3, 0.4) is 0 Å². The van der Waals surface area contributed by atoms with E-state index in [0.717, 1.165) is 11.3 Å². The summed E-state index contributed by atoms with van der Waals surface area (Å²) in [5.74, 6) is 0.